The van der Waals surface area contributed by atoms with Crippen LogP contribution in [0.4, 0.5) is 5.69 Å². The summed E-state index contributed by atoms with van der Waals surface area (Å²) < 4.78 is 28.3. The lowest BCUT2D eigenvalue weighted by Crippen LogP contribution is -2.42. The van der Waals surface area contributed by atoms with Crippen LogP contribution < -0.4 is 9.62 Å². The third-order valence-corrected chi connectivity index (χ3v) is 7.68. The Bertz CT molecular complexity index is 1250. The Morgan fingerprint density at radius 3 is 2.15 bits per heavy atom. The maximum Gasteiger partial charge on any atom is 0.264 e. The second kappa shape index (κ2) is 10.0. The number of rotatable bonds is 7. The summed E-state index contributed by atoms with van der Waals surface area (Å²) >= 11 is 0. The van der Waals surface area contributed by atoms with Crippen LogP contribution in [0.25, 0.3) is 0 Å². The van der Waals surface area contributed by atoms with E-state index in [0.29, 0.717) is 5.69 Å². The predicted molar refractivity (Wildman–Crippen MR) is 139 cm³/mol. The molecule has 5 nitrogen and oxygen atoms in total. The molecule has 180 valence electrons. The highest BCUT2D eigenvalue weighted by molar-refractivity contribution is 7.92. The topological polar surface area (TPSA) is 66.5 Å². The van der Waals surface area contributed by atoms with Gasteiger partial charge in [0.25, 0.3) is 10.0 Å². The fourth-order valence-corrected chi connectivity index (χ4v) is 5.28. The standard InChI is InChI=1S/C28H34N2O3S/c1-20-12-13-21(2)26(18-20)30(34(32,33)25-10-8-7-9-11-25)19-27(31)29-22(3)23-14-16-24(17-15-23)28(4,5)6/h7-18,22H,19H2,1-6H3,(H,29,31)/t22-/m1/s1. The van der Waals surface area contributed by atoms with E-state index in [9.17, 15) is 13.2 Å². The Labute approximate surface area is 203 Å². The van der Waals surface area contributed by atoms with E-state index in [1.807, 2.05) is 45.0 Å². The normalized spacial score (nSPS) is 12.8. The molecule has 3 aromatic carbocycles. The highest BCUT2D eigenvalue weighted by Crippen LogP contribution is 2.28. The van der Waals surface area contributed by atoms with E-state index >= 15 is 0 Å². The predicted octanol–water partition coefficient (Wildman–Crippen LogP) is 5.67. The molecule has 0 aliphatic heterocycles. The van der Waals surface area contributed by atoms with Crippen molar-refractivity contribution in [3.05, 3.63) is 95.1 Å². The molecule has 0 fully saturated rings. The SMILES string of the molecule is Cc1ccc(C)c(N(CC(=O)N[C@H](C)c2ccc(C(C)(C)C)cc2)S(=O)(=O)c2ccccc2)c1. The van der Waals surface area contributed by atoms with E-state index in [0.717, 1.165) is 16.7 Å². The molecule has 34 heavy (non-hydrogen) atoms. The van der Waals surface area contributed by atoms with E-state index < -0.39 is 10.0 Å². The number of benzene rings is 3. The van der Waals surface area contributed by atoms with Gasteiger partial charge in [0.05, 0.1) is 16.6 Å². The van der Waals surface area contributed by atoms with Gasteiger partial charge in [0, 0.05) is 0 Å². The number of amides is 1. The van der Waals surface area contributed by atoms with Crippen LogP contribution in [0.5, 0.6) is 0 Å². The Kier molecular flexibility index (Phi) is 7.51. The van der Waals surface area contributed by atoms with Crippen molar-refractivity contribution in [1.82, 2.24) is 5.32 Å². The second-order valence-electron chi connectivity index (χ2n) is 9.78. The summed E-state index contributed by atoms with van der Waals surface area (Å²) in [6, 6.07) is 21.7. The first-order chi connectivity index (χ1) is 15.9. The van der Waals surface area contributed by atoms with Gasteiger partial charge in [-0.1, -0.05) is 75.4 Å². The second-order valence-corrected chi connectivity index (χ2v) is 11.6. The zero-order chi connectivity index (χ0) is 25.1. The molecule has 1 N–H and O–H groups in total. The lowest BCUT2D eigenvalue weighted by Gasteiger charge is -2.27. The number of anilines is 1. The molecular formula is C28H34N2O3S. The van der Waals surface area contributed by atoms with Crippen molar-refractivity contribution in [2.45, 2.75) is 57.9 Å². The summed E-state index contributed by atoms with van der Waals surface area (Å²) in [6.45, 7) is 11.8. The molecule has 0 aromatic heterocycles. The highest BCUT2D eigenvalue weighted by Gasteiger charge is 2.28. The minimum atomic E-state index is -3.94. The quantitative estimate of drug-likeness (QED) is 0.475. The van der Waals surface area contributed by atoms with Crippen molar-refractivity contribution in [1.29, 1.82) is 0 Å². The summed E-state index contributed by atoms with van der Waals surface area (Å²) in [5, 5.41) is 2.97. The number of carbonyl (C=O) groups excluding carboxylic acids is 1. The molecule has 1 amide bonds. The number of hydrogen-bond acceptors (Lipinski definition) is 3. The van der Waals surface area contributed by atoms with Crippen molar-refractivity contribution in [3.63, 3.8) is 0 Å². The summed E-state index contributed by atoms with van der Waals surface area (Å²) in [5.74, 6) is -0.368. The molecule has 0 heterocycles. The number of aryl methyl sites for hydroxylation is 2. The Hall–Kier alpha value is -3.12. The van der Waals surface area contributed by atoms with Gasteiger partial charge in [-0.25, -0.2) is 8.42 Å². The van der Waals surface area contributed by atoms with Crippen LogP contribution in [0.2, 0.25) is 0 Å². The molecule has 1 atom stereocenters. The first-order valence-corrected chi connectivity index (χ1v) is 12.9. The van der Waals surface area contributed by atoms with Gasteiger partial charge in [-0.2, -0.15) is 0 Å². The van der Waals surface area contributed by atoms with Gasteiger partial charge in [0.2, 0.25) is 5.91 Å². The maximum atomic E-state index is 13.6. The monoisotopic (exact) mass is 478 g/mol. The van der Waals surface area contributed by atoms with E-state index in [1.54, 1.807) is 36.4 Å². The van der Waals surface area contributed by atoms with E-state index in [1.165, 1.54) is 9.87 Å². The molecular weight excluding hydrogens is 444 g/mol. The van der Waals surface area contributed by atoms with Crippen molar-refractivity contribution in [2.75, 3.05) is 10.8 Å². The fraction of sp³-hybridized carbons (Fsp3) is 0.321. The molecule has 6 heteroatoms. The summed E-state index contributed by atoms with van der Waals surface area (Å²) in [7, 11) is -3.94. The molecule has 3 aromatic rings. The van der Waals surface area contributed by atoms with Crippen LogP contribution in [0, 0.1) is 13.8 Å². The van der Waals surface area contributed by atoms with E-state index in [4.69, 9.17) is 0 Å². The maximum absolute atomic E-state index is 13.6. The average molecular weight is 479 g/mol. The third-order valence-electron chi connectivity index (χ3n) is 5.91. The lowest BCUT2D eigenvalue weighted by molar-refractivity contribution is -0.120. The first kappa shape index (κ1) is 25.5. The van der Waals surface area contributed by atoms with Crippen LogP contribution in [0.3, 0.4) is 0 Å². The first-order valence-electron chi connectivity index (χ1n) is 11.4. The zero-order valence-electron chi connectivity index (χ0n) is 20.8. The number of nitrogens with one attached hydrogen (secondary N) is 1. The van der Waals surface area contributed by atoms with Gasteiger partial charge < -0.3 is 5.32 Å². The molecule has 3 rings (SSSR count). The van der Waals surface area contributed by atoms with Crippen LogP contribution >= 0.6 is 0 Å². The Morgan fingerprint density at radius 2 is 1.56 bits per heavy atom. The van der Waals surface area contributed by atoms with Crippen LogP contribution in [0.1, 0.15) is 56.0 Å². The summed E-state index contributed by atoms with van der Waals surface area (Å²) in [5.41, 5.74) is 4.42. The van der Waals surface area contributed by atoms with Gasteiger partial charge in [0.15, 0.2) is 0 Å². The van der Waals surface area contributed by atoms with Gasteiger partial charge >= 0.3 is 0 Å². The molecule has 0 unspecified atom stereocenters. The summed E-state index contributed by atoms with van der Waals surface area (Å²) in [6.07, 6.45) is 0. The Balaban J connectivity index is 1.88. The molecule has 0 aliphatic carbocycles. The molecule has 0 spiro atoms. The molecule has 0 saturated heterocycles. The summed E-state index contributed by atoms with van der Waals surface area (Å²) in [4.78, 5) is 13.2. The molecule has 0 radical (unpaired) electrons. The van der Waals surface area contributed by atoms with Gasteiger partial charge in [-0.05, 0) is 66.6 Å². The number of sulfonamides is 1. The van der Waals surface area contributed by atoms with Crippen LogP contribution in [0.15, 0.2) is 77.7 Å². The van der Waals surface area contributed by atoms with Gasteiger partial charge in [-0.15, -0.1) is 0 Å². The minimum absolute atomic E-state index is 0.0446. The van der Waals surface area contributed by atoms with E-state index in [-0.39, 0.29) is 28.8 Å². The van der Waals surface area contributed by atoms with Gasteiger partial charge in [-0.3, -0.25) is 9.10 Å². The molecule has 0 bridgehead atoms. The number of carbonyl (C=O) groups is 1. The van der Waals surface area contributed by atoms with E-state index in [2.05, 4.69) is 38.2 Å². The van der Waals surface area contributed by atoms with Crippen LogP contribution in [-0.4, -0.2) is 20.9 Å². The highest BCUT2D eigenvalue weighted by atomic mass is 32.2. The molecule has 0 saturated carbocycles. The smallest absolute Gasteiger partial charge is 0.264 e. The average Bonchev–Trinajstić information content (AvgIpc) is 2.79. The Morgan fingerprint density at radius 1 is 0.941 bits per heavy atom. The van der Waals surface area contributed by atoms with Crippen molar-refractivity contribution >= 4 is 21.6 Å². The van der Waals surface area contributed by atoms with Crippen molar-refractivity contribution in [3.8, 4) is 0 Å². The third kappa shape index (κ3) is 5.86. The lowest BCUT2D eigenvalue weighted by atomic mass is 9.86. The van der Waals surface area contributed by atoms with Crippen LogP contribution in [-0.2, 0) is 20.2 Å². The van der Waals surface area contributed by atoms with Crippen molar-refractivity contribution < 1.29 is 13.2 Å². The molecule has 0 aliphatic rings. The van der Waals surface area contributed by atoms with Crippen molar-refractivity contribution in [2.24, 2.45) is 0 Å². The fourth-order valence-electron chi connectivity index (χ4n) is 3.78. The largest absolute Gasteiger partial charge is 0.348 e. The number of nitrogens with zero attached hydrogens (tertiary/aromatic N) is 1. The number of hydrogen-bond donors (Lipinski definition) is 1. The zero-order valence-corrected chi connectivity index (χ0v) is 21.6. The minimum Gasteiger partial charge on any atom is -0.348 e. The van der Waals surface area contributed by atoms with Gasteiger partial charge in [0.1, 0.15) is 6.54 Å².